The number of thiol groups is 1. The summed E-state index contributed by atoms with van der Waals surface area (Å²) in [5.41, 5.74) is 0. The summed E-state index contributed by atoms with van der Waals surface area (Å²) >= 11 is 4.76. The van der Waals surface area contributed by atoms with Crippen molar-refractivity contribution in [1.29, 1.82) is 0 Å². The molecule has 0 N–H and O–H groups in total. The van der Waals surface area contributed by atoms with Gasteiger partial charge in [-0.15, -0.1) is 0 Å². The van der Waals surface area contributed by atoms with Crippen LogP contribution >= 0.6 is 12.6 Å². The van der Waals surface area contributed by atoms with Crippen molar-refractivity contribution in [3.63, 3.8) is 0 Å². The topological polar surface area (TPSA) is 0 Å². The van der Waals surface area contributed by atoms with Crippen molar-refractivity contribution in [3.05, 3.63) is 16.6 Å². The van der Waals surface area contributed by atoms with Crippen molar-refractivity contribution in [2.24, 2.45) is 0 Å². The molecule has 0 amide bonds. The number of hydrogen-bond acceptors (Lipinski definition) is 1. The minimum atomic E-state index is 0.573. The van der Waals surface area contributed by atoms with E-state index in [1.807, 2.05) is 0 Å². The molecule has 0 spiro atoms. The molecule has 2 heteroatoms. The normalized spacial score (nSPS) is 9.43. The molecule has 0 radical (unpaired) electrons. The Kier molecular flexibility index (Phi) is 1.63. The Morgan fingerprint density at radius 3 is 2.43 bits per heavy atom. The monoisotopic (exact) mass is 178 g/mol. The zero-order valence-electron chi connectivity index (χ0n) is 4.01. The van der Waals surface area contributed by atoms with Gasteiger partial charge in [0, 0.05) is 0 Å². The molecular weight excluding hydrogens is 171 g/mol. The Bertz CT molecular complexity index is 140. The molecule has 0 saturated carbocycles. The molecule has 0 fully saturated rings. The summed E-state index contributed by atoms with van der Waals surface area (Å²) in [4.78, 5) is 0. The fourth-order valence-corrected chi connectivity index (χ4v) is 2.51. The molecule has 0 unspecified atom stereocenters. The summed E-state index contributed by atoms with van der Waals surface area (Å²) in [6, 6.07) is 4.20. The predicted molar refractivity (Wildman–Crippen MR) is 35.4 cm³/mol. The molecule has 1 aromatic rings. The van der Waals surface area contributed by atoms with Crippen molar-refractivity contribution in [1.82, 2.24) is 0 Å². The van der Waals surface area contributed by atoms with Gasteiger partial charge in [-0.1, -0.05) is 0 Å². The van der Waals surface area contributed by atoms with Crippen LogP contribution < -0.4 is 0 Å². The van der Waals surface area contributed by atoms with E-state index in [4.69, 9.17) is 0 Å². The van der Waals surface area contributed by atoms with E-state index < -0.39 is 0 Å². The first-order chi connectivity index (χ1) is 3.29. The number of aryl methyl sites for hydroxylation is 1. The molecular formula is C5H6SSe. The van der Waals surface area contributed by atoms with Crippen LogP contribution in [0, 0.1) is 6.92 Å². The first-order valence-electron chi connectivity index (χ1n) is 2.04. The Hall–Kier alpha value is 0.349. The van der Waals surface area contributed by atoms with Crippen LogP contribution in [0.4, 0.5) is 0 Å². The number of rotatable bonds is 0. The summed E-state index contributed by atoms with van der Waals surface area (Å²) in [5.74, 6) is 0. The van der Waals surface area contributed by atoms with E-state index in [-0.39, 0.29) is 0 Å². The first kappa shape index (κ1) is 5.49. The molecule has 38 valence electrons. The molecule has 0 nitrogen and oxygen atoms in total. The second-order valence-corrected chi connectivity index (χ2v) is 5.25. The Morgan fingerprint density at radius 1 is 1.57 bits per heavy atom. The standard InChI is InChI=1S/C5H6SSe/c1-4-2-3-5(6)7-4/h2-3,6H,1H3. The van der Waals surface area contributed by atoms with Crippen molar-refractivity contribution < 1.29 is 0 Å². The van der Waals surface area contributed by atoms with E-state index in [0.29, 0.717) is 14.5 Å². The molecule has 1 heterocycles. The molecule has 0 atom stereocenters. The van der Waals surface area contributed by atoms with Gasteiger partial charge in [0.1, 0.15) is 0 Å². The van der Waals surface area contributed by atoms with E-state index in [2.05, 4.69) is 31.7 Å². The fourth-order valence-electron chi connectivity index (χ4n) is 0.422. The van der Waals surface area contributed by atoms with Gasteiger partial charge in [-0.3, -0.25) is 0 Å². The van der Waals surface area contributed by atoms with Gasteiger partial charge < -0.3 is 0 Å². The van der Waals surface area contributed by atoms with Crippen LogP contribution in [-0.4, -0.2) is 14.5 Å². The van der Waals surface area contributed by atoms with Crippen LogP contribution in [0.5, 0.6) is 0 Å². The maximum atomic E-state index is 4.19. The van der Waals surface area contributed by atoms with E-state index in [1.165, 1.54) is 8.21 Å². The zero-order chi connectivity index (χ0) is 5.28. The van der Waals surface area contributed by atoms with Crippen molar-refractivity contribution in [2.45, 2.75) is 10.7 Å². The predicted octanol–water partition coefficient (Wildman–Crippen LogP) is 1.34. The van der Waals surface area contributed by atoms with Crippen LogP contribution in [0.15, 0.2) is 15.9 Å². The van der Waals surface area contributed by atoms with Crippen LogP contribution in [0.1, 0.15) is 4.44 Å². The average molecular weight is 177 g/mol. The summed E-state index contributed by atoms with van der Waals surface area (Å²) in [6.45, 7) is 2.14. The summed E-state index contributed by atoms with van der Waals surface area (Å²) in [5, 5.41) is 0. The molecule has 0 saturated heterocycles. The van der Waals surface area contributed by atoms with Gasteiger partial charge in [-0.2, -0.15) is 0 Å². The second kappa shape index (κ2) is 2.08. The Balaban J connectivity index is 3.04. The third kappa shape index (κ3) is 1.37. The van der Waals surface area contributed by atoms with Crippen LogP contribution in [0.2, 0.25) is 0 Å². The van der Waals surface area contributed by atoms with Crippen LogP contribution in [0.3, 0.4) is 0 Å². The van der Waals surface area contributed by atoms with E-state index in [9.17, 15) is 0 Å². The molecule has 7 heavy (non-hydrogen) atoms. The van der Waals surface area contributed by atoms with Gasteiger partial charge in [0.15, 0.2) is 0 Å². The molecule has 1 aromatic heterocycles. The second-order valence-electron chi connectivity index (χ2n) is 1.38. The molecule has 0 bridgehead atoms. The van der Waals surface area contributed by atoms with Gasteiger partial charge >= 0.3 is 54.4 Å². The summed E-state index contributed by atoms with van der Waals surface area (Å²) in [6.07, 6.45) is 0. The van der Waals surface area contributed by atoms with Crippen molar-refractivity contribution in [2.75, 3.05) is 0 Å². The van der Waals surface area contributed by atoms with Gasteiger partial charge in [-0.25, -0.2) is 0 Å². The zero-order valence-corrected chi connectivity index (χ0v) is 6.62. The van der Waals surface area contributed by atoms with E-state index >= 15 is 0 Å². The van der Waals surface area contributed by atoms with Gasteiger partial charge in [-0.05, 0) is 0 Å². The van der Waals surface area contributed by atoms with Crippen molar-refractivity contribution >= 4 is 27.1 Å². The molecule has 1 rings (SSSR count). The minimum absolute atomic E-state index is 0.573. The van der Waals surface area contributed by atoms with Gasteiger partial charge in [0.25, 0.3) is 0 Å². The summed E-state index contributed by atoms with van der Waals surface area (Å²) < 4.78 is 2.71. The SMILES string of the molecule is Cc1ccc(S)[se]1. The molecule has 0 aliphatic carbocycles. The van der Waals surface area contributed by atoms with E-state index in [0.717, 1.165) is 0 Å². The third-order valence-corrected chi connectivity index (χ3v) is 3.03. The van der Waals surface area contributed by atoms with Gasteiger partial charge in [0.05, 0.1) is 0 Å². The van der Waals surface area contributed by atoms with Crippen LogP contribution in [0.25, 0.3) is 0 Å². The summed E-state index contributed by atoms with van der Waals surface area (Å²) in [7, 11) is 0. The molecule has 0 aliphatic heterocycles. The fraction of sp³-hybridized carbons (Fsp3) is 0.200. The molecule has 0 aromatic carbocycles. The third-order valence-electron chi connectivity index (χ3n) is 0.726. The van der Waals surface area contributed by atoms with Crippen molar-refractivity contribution in [3.8, 4) is 0 Å². The number of hydrogen-bond donors (Lipinski definition) is 1. The molecule has 0 aliphatic rings. The van der Waals surface area contributed by atoms with Crippen LogP contribution in [-0.2, 0) is 0 Å². The Morgan fingerprint density at radius 2 is 2.29 bits per heavy atom. The van der Waals surface area contributed by atoms with E-state index in [1.54, 1.807) is 0 Å². The quantitative estimate of drug-likeness (QED) is 0.448. The maximum absolute atomic E-state index is 4.19. The first-order valence-corrected chi connectivity index (χ1v) is 4.20. The average Bonchev–Trinajstić information content (AvgIpc) is 1.87. The Labute approximate surface area is 54.7 Å². The van der Waals surface area contributed by atoms with Gasteiger partial charge in [0.2, 0.25) is 0 Å².